The van der Waals surface area contributed by atoms with Gasteiger partial charge in [0, 0.05) is 11.4 Å². The number of aromatic nitrogens is 1. The van der Waals surface area contributed by atoms with Gasteiger partial charge in [0.15, 0.2) is 0 Å². The van der Waals surface area contributed by atoms with Gasteiger partial charge in [0.2, 0.25) is 0 Å². The van der Waals surface area contributed by atoms with E-state index in [1.54, 1.807) is 6.92 Å². The molecule has 0 spiro atoms. The zero-order valence-electron chi connectivity index (χ0n) is 8.48. The van der Waals surface area contributed by atoms with Gasteiger partial charge in [-0.05, 0) is 6.07 Å². The Morgan fingerprint density at radius 1 is 1.81 bits per heavy atom. The van der Waals surface area contributed by atoms with Gasteiger partial charge in [0.1, 0.15) is 11.1 Å². The lowest BCUT2D eigenvalue weighted by Gasteiger charge is -2.09. The van der Waals surface area contributed by atoms with Crippen molar-refractivity contribution in [3.8, 4) is 6.07 Å². The first-order chi connectivity index (χ1) is 7.54. The molecule has 0 aliphatic carbocycles. The van der Waals surface area contributed by atoms with Crippen LogP contribution < -0.4 is 0 Å². The number of carbonyl (C=O) groups is 1. The molecule has 0 amide bonds. The Kier molecular flexibility index (Phi) is 4.59. The molecule has 1 heterocycles. The minimum atomic E-state index is -0.868. The summed E-state index contributed by atoms with van der Waals surface area (Å²) in [6.07, 6.45) is 1.51. The molecule has 0 radical (unpaired) electrons. The summed E-state index contributed by atoms with van der Waals surface area (Å²) < 4.78 is 0. The summed E-state index contributed by atoms with van der Waals surface area (Å²) >= 11 is 7.19. The van der Waals surface area contributed by atoms with Crippen molar-refractivity contribution in [3.05, 3.63) is 22.8 Å². The number of carboxylic acids is 1. The van der Waals surface area contributed by atoms with Gasteiger partial charge in [-0.3, -0.25) is 4.79 Å². The zero-order chi connectivity index (χ0) is 12.1. The quantitative estimate of drug-likeness (QED) is 0.838. The highest BCUT2D eigenvalue weighted by molar-refractivity contribution is 8.00. The number of pyridine rings is 1. The molecule has 0 fully saturated rings. The van der Waals surface area contributed by atoms with Crippen molar-refractivity contribution in [2.45, 2.75) is 23.6 Å². The van der Waals surface area contributed by atoms with Crippen molar-refractivity contribution in [1.29, 1.82) is 5.26 Å². The van der Waals surface area contributed by atoms with Crippen LogP contribution in [0.4, 0.5) is 0 Å². The lowest BCUT2D eigenvalue weighted by molar-refractivity contribution is -0.136. The van der Waals surface area contributed by atoms with Crippen LogP contribution in [0.5, 0.6) is 0 Å². The van der Waals surface area contributed by atoms with Crippen molar-refractivity contribution in [3.63, 3.8) is 0 Å². The number of nitrogens with zero attached hydrogens (tertiary/aromatic N) is 2. The van der Waals surface area contributed by atoms with Gasteiger partial charge >= 0.3 is 5.97 Å². The Morgan fingerprint density at radius 2 is 2.50 bits per heavy atom. The monoisotopic (exact) mass is 256 g/mol. The smallest absolute Gasteiger partial charge is 0.304 e. The lowest BCUT2D eigenvalue weighted by Crippen LogP contribution is -2.06. The molecule has 1 atom stereocenters. The van der Waals surface area contributed by atoms with Crippen molar-refractivity contribution in [2.75, 3.05) is 0 Å². The molecule has 4 nitrogen and oxygen atoms in total. The van der Waals surface area contributed by atoms with Gasteiger partial charge in [-0.1, -0.05) is 18.5 Å². The fourth-order valence-electron chi connectivity index (χ4n) is 1.07. The third-order valence-electron chi connectivity index (χ3n) is 1.75. The fraction of sp³-hybridized carbons (Fsp3) is 0.300. The van der Waals surface area contributed by atoms with Gasteiger partial charge in [-0.15, -0.1) is 11.8 Å². The number of nitriles is 1. The molecule has 84 valence electrons. The average Bonchev–Trinajstić information content (AvgIpc) is 2.20. The zero-order valence-corrected chi connectivity index (χ0v) is 10.0. The van der Waals surface area contributed by atoms with E-state index in [0.29, 0.717) is 10.6 Å². The van der Waals surface area contributed by atoms with Crippen molar-refractivity contribution in [2.24, 2.45) is 0 Å². The maximum Gasteiger partial charge on any atom is 0.304 e. The highest BCUT2D eigenvalue weighted by Gasteiger charge is 2.14. The van der Waals surface area contributed by atoms with E-state index < -0.39 is 5.97 Å². The first kappa shape index (κ1) is 12.8. The molecule has 1 N–H and O–H groups in total. The largest absolute Gasteiger partial charge is 0.481 e. The molecule has 1 aromatic heterocycles. The average molecular weight is 257 g/mol. The van der Waals surface area contributed by atoms with E-state index in [9.17, 15) is 4.79 Å². The highest BCUT2D eigenvalue weighted by Crippen LogP contribution is 2.31. The van der Waals surface area contributed by atoms with E-state index in [1.807, 2.05) is 6.07 Å². The van der Waals surface area contributed by atoms with E-state index >= 15 is 0 Å². The molecule has 0 saturated carbocycles. The van der Waals surface area contributed by atoms with E-state index in [-0.39, 0.29) is 16.7 Å². The number of hydrogen-bond acceptors (Lipinski definition) is 4. The summed E-state index contributed by atoms with van der Waals surface area (Å²) in [5.74, 6) is -0.868. The molecule has 16 heavy (non-hydrogen) atoms. The van der Waals surface area contributed by atoms with Crippen LogP contribution in [0.15, 0.2) is 17.3 Å². The number of aliphatic carboxylic acids is 1. The Morgan fingerprint density at radius 3 is 3.06 bits per heavy atom. The molecule has 0 aromatic carbocycles. The number of rotatable bonds is 4. The maximum atomic E-state index is 10.5. The number of hydrogen-bond donors (Lipinski definition) is 1. The summed E-state index contributed by atoms with van der Waals surface area (Å²) in [4.78, 5) is 14.5. The van der Waals surface area contributed by atoms with Crippen LogP contribution >= 0.6 is 23.4 Å². The fourth-order valence-corrected chi connectivity index (χ4v) is 2.30. The number of thioether (sulfide) groups is 1. The highest BCUT2D eigenvalue weighted by atomic mass is 35.5. The summed E-state index contributed by atoms with van der Waals surface area (Å²) in [7, 11) is 0. The molecular formula is C10H9ClN2O2S. The van der Waals surface area contributed by atoms with E-state index in [1.165, 1.54) is 24.0 Å². The first-order valence-corrected chi connectivity index (χ1v) is 5.73. The van der Waals surface area contributed by atoms with Crippen LogP contribution in [-0.4, -0.2) is 21.3 Å². The second-order valence-electron chi connectivity index (χ2n) is 3.12. The molecule has 0 aliphatic rings. The van der Waals surface area contributed by atoms with Gasteiger partial charge < -0.3 is 5.11 Å². The Balaban J connectivity index is 2.82. The van der Waals surface area contributed by atoms with Gasteiger partial charge in [0.05, 0.1) is 17.0 Å². The Bertz CT molecular complexity index is 445. The second kappa shape index (κ2) is 5.73. The number of halogens is 1. The molecule has 0 saturated heterocycles. The van der Waals surface area contributed by atoms with E-state index in [4.69, 9.17) is 22.0 Å². The topological polar surface area (TPSA) is 74.0 Å². The summed E-state index contributed by atoms with van der Waals surface area (Å²) in [6.45, 7) is 1.77. The second-order valence-corrected chi connectivity index (χ2v) is 4.92. The molecule has 6 heteroatoms. The molecular weight excluding hydrogens is 248 g/mol. The van der Waals surface area contributed by atoms with Crippen LogP contribution in [0.25, 0.3) is 0 Å². The molecule has 0 aliphatic heterocycles. The third-order valence-corrected chi connectivity index (χ3v) is 3.35. The van der Waals surface area contributed by atoms with E-state index in [2.05, 4.69) is 4.98 Å². The molecule has 1 rings (SSSR count). The predicted octanol–water partition coefficient (Wildman–Crippen LogP) is 2.56. The summed E-state index contributed by atoms with van der Waals surface area (Å²) in [6, 6.07) is 3.47. The standard InChI is InChI=1S/C10H9ClN2O2S/c1-6(4-8(14)15)16-10-9(11)7(5-12)2-3-13-10/h2-3,6H,4H2,1H3,(H,14,15). The maximum absolute atomic E-state index is 10.5. The van der Waals surface area contributed by atoms with Gasteiger partial charge in [0.25, 0.3) is 0 Å². The molecule has 1 unspecified atom stereocenters. The van der Waals surface area contributed by atoms with Crippen LogP contribution in [0.3, 0.4) is 0 Å². The van der Waals surface area contributed by atoms with Crippen LogP contribution in [0, 0.1) is 11.3 Å². The van der Waals surface area contributed by atoms with Gasteiger partial charge in [-0.2, -0.15) is 5.26 Å². The summed E-state index contributed by atoms with van der Waals surface area (Å²) in [5.41, 5.74) is 0.349. The van der Waals surface area contributed by atoms with Crippen molar-refractivity contribution < 1.29 is 9.90 Å². The summed E-state index contributed by atoms with van der Waals surface area (Å²) in [5, 5.41) is 18.0. The minimum absolute atomic E-state index is 0.0272. The van der Waals surface area contributed by atoms with E-state index in [0.717, 1.165) is 0 Å². The lowest BCUT2D eigenvalue weighted by atomic mass is 10.3. The first-order valence-electron chi connectivity index (χ1n) is 4.47. The van der Waals surface area contributed by atoms with Crippen molar-refractivity contribution in [1.82, 2.24) is 4.98 Å². The van der Waals surface area contributed by atoms with Crippen LogP contribution in [-0.2, 0) is 4.79 Å². The van der Waals surface area contributed by atoms with Crippen LogP contribution in [0.2, 0.25) is 5.02 Å². The predicted molar refractivity (Wildman–Crippen MR) is 61.5 cm³/mol. The third kappa shape index (κ3) is 3.40. The molecule has 1 aromatic rings. The van der Waals surface area contributed by atoms with Gasteiger partial charge in [-0.25, -0.2) is 4.98 Å². The molecule has 0 bridgehead atoms. The Labute approximate surface area is 102 Å². The minimum Gasteiger partial charge on any atom is -0.481 e. The van der Waals surface area contributed by atoms with Crippen LogP contribution in [0.1, 0.15) is 18.9 Å². The number of carboxylic acid groups (broad SMARTS) is 1. The Hall–Kier alpha value is -1.25. The normalized spacial score (nSPS) is 11.8. The SMILES string of the molecule is CC(CC(=O)O)Sc1nccc(C#N)c1Cl. The van der Waals surface area contributed by atoms with Crippen molar-refractivity contribution >= 4 is 29.3 Å².